The van der Waals surface area contributed by atoms with Crippen LogP contribution in [0.15, 0.2) is 24.3 Å². The zero-order valence-corrected chi connectivity index (χ0v) is 13.1. The van der Waals surface area contributed by atoms with Gasteiger partial charge in [0.15, 0.2) is 0 Å². The Morgan fingerprint density at radius 2 is 2.00 bits per heavy atom. The fourth-order valence-electron chi connectivity index (χ4n) is 2.66. The van der Waals surface area contributed by atoms with Crippen molar-refractivity contribution in [3.63, 3.8) is 0 Å². The number of rotatable bonds is 4. The Hall–Kier alpha value is -1.88. The number of Topliss-reactive ketones (excluding diaryl/α,β-unsaturated/α-hetero) is 1. The molecule has 5 nitrogen and oxygen atoms in total. The molecule has 118 valence electrons. The normalized spacial score (nSPS) is 19.4. The van der Waals surface area contributed by atoms with E-state index in [1.807, 2.05) is 0 Å². The van der Waals surface area contributed by atoms with Gasteiger partial charge in [-0.2, -0.15) is 0 Å². The van der Waals surface area contributed by atoms with E-state index in [0.29, 0.717) is 29.8 Å². The van der Waals surface area contributed by atoms with Gasteiger partial charge in [-0.25, -0.2) is 4.79 Å². The summed E-state index contributed by atoms with van der Waals surface area (Å²) in [5.74, 6) is -1.01. The van der Waals surface area contributed by atoms with E-state index in [1.54, 1.807) is 24.3 Å². The van der Waals surface area contributed by atoms with Gasteiger partial charge >= 0.3 is 5.97 Å². The lowest BCUT2D eigenvalue weighted by Gasteiger charge is -2.28. The number of carbonyl (C=O) groups is 3. The van der Waals surface area contributed by atoms with Gasteiger partial charge in [-0.3, -0.25) is 9.59 Å². The highest BCUT2D eigenvalue weighted by Crippen LogP contribution is 2.25. The smallest absolute Gasteiger partial charge is 0.328 e. The van der Waals surface area contributed by atoms with Crippen LogP contribution < -0.4 is 5.32 Å². The van der Waals surface area contributed by atoms with Gasteiger partial charge in [-0.05, 0) is 43.0 Å². The van der Waals surface area contributed by atoms with Crippen molar-refractivity contribution in [2.24, 2.45) is 5.92 Å². The number of carbonyl (C=O) groups excluding carboxylic acids is 3. The summed E-state index contributed by atoms with van der Waals surface area (Å²) in [7, 11) is 1.27. The molecule has 0 saturated heterocycles. The number of amides is 1. The number of methoxy groups -OCH3 is 1. The zero-order chi connectivity index (χ0) is 16.1. The minimum absolute atomic E-state index is 0.117. The molecule has 1 aliphatic rings. The fourth-order valence-corrected chi connectivity index (χ4v) is 2.79. The van der Waals surface area contributed by atoms with Crippen molar-refractivity contribution in [3.8, 4) is 0 Å². The standard InChI is InChI=1S/C16H18ClNO4/c1-22-16(21)14(11-3-2-4-13(19)9-11)18-15(20)10-5-7-12(17)8-6-10/h5-8,11,14H,2-4,9H2,1H3,(H,18,20)/t11-,14+/m0/s1. The molecule has 0 radical (unpaired) electrons. The van der Waals surface area contributed by atoms with Crippen LogP contribution in [0.25, 0.3) is 0 Å². The minimum atomic E-state index is -0.808. The molecule has 0 spiro atoms. The van der Waals surface area contributed by atoms with Crippen LogP contribution >= 0.6 is 11.6 Å². The fraction of sp³-hybridized carbons (Fsp3) is 0.438. The first-order chi connectivity index (χ1) is 10.5. The lowest BCUT2D eigenvalue weighted by molar-refractivity contribution is -0.145. The molecule has 1 amide bonds. The van der Waals surface area contributed by atoms with Crippen LogP contribution in [0.2, 0.25) is 5.02 Å². The largest absolute Gasteiger partial charge is 0.467 e. The molecule has 1 aromatic carbocycles. The highest BCUT2D eigenvalue weighted by Gasteiger charge is 2.34. The predicted octanol–water partition coefficient (Wildman–Crippen LogP) is 2.37. The van der Waals surface area contributed by atoms with Crippen LogP contribution in [-0.4, -0.2) is 30.8 Å². The average Bonchev–Trinajstić information content (AvgIpc) is 2.52. The first kappa shape index (κ1) is 16.5. The Morgan fingerprint density at radius 1 is 1.32 bits per heavy atom. The molecule has 6 heteroatoms. The Balaban J connectivity index is 2.12. The molecule has 0 unspecified atom stereocenters. The van der Waals surface area contributed by atoms with E-state index in [2.05, 4.69) is 5.32 Å². The average molecular weight is 324 g/mol. The van der Waals surface area contributed by atoms with Gasteiger partial charge in [0, 0.05) is 23.4 Å². The van der Waals surface area contributed by atoms with Crippen LogP contribution in [0.5, 0.6) is 0 Å². The van der Waals surface area contributed by atoms with Gasteiger partial charge in [0.05, 0.1) is 7.11 Å². The Labute approximate surface area is 134 Å². The molecule has 0 heterocycles. The van der Waals surface area contributed by atoms with E-state index in [9.17, 15) is 14.4 Å². The van der Waals surface area contributed by atoms with Crippen LogP contribution in [0, 0.1) is 5.92 Å². The third kappa shape index (κ3) is 4.07. The van der Waals surface area contributed by atoms with Gasteiger partial charge in [-0.1, -0.05) is 11.6 Å². The van der Waals surface area contributed by atoms with Crippen LogP contribution in [0.3, 0.4) is 0 Å². The van der Waals surface area contributed by atoms with E-state index in [1.165, 1.54) is 7.11 Å². The summed E-state index contributed by atoms with van der Waals surface area (Å²) in [5.41, 5.74) is 0.403. The van der Waals surface area contributed by atoms with Gasteiger partial charge in [-0.15, -0.1) is 0 Å². The maximum atomic E-state index is 12.3. The molecule has 1 N–H and O–H groups in total. The molecular formula is C16H18ClNO4. The minimum Gasteiger partial charge on any atom is -0.467 e. The zero-order valence-electron chi connectivity index (χ0n) is 12.3. The van der Waals surface area contributed by atoms with Crippen molar-refractivity contribution in [1.29, 1.82) is 0 Å². The number of ether oxygens (including phenoxy) is 1. The SMILES string of the molecule is COC(=O)[C@H](NC(=O)c1ccc(Cl)cc1)[C@H]1CCCC(=O)C1. The first-order valence-corrected chi connectivity index (χ1v) is 7.55. The van der Waals surface area contributed by atoms with Crippen molar-refractivity contribution >= 4 is 29.3 Å². The Kier molecular flexibility index (Phi) is 5.55. The van der Waals surface area contributed by atoms with E-state index in [-0.39, 0.29) is 17.6 Å². The maximum Gasteiger partial charge on any atom is 0.328 e. The summed E-state index contributed by atoms with van der Waals surface area (Å²) in [6.07, 6.45) is 2.27. The summed E-state index contributed by atoms with van der Waals surface area (Å²) in [6, 6.07) is 5.56. The van der Waals surface area contributed by atoms with E-state index in [4.69, 9.17) is 16.3 Å². The molecule has 22 heavy (non-hydrogen) atoms. The molecule has 1 fully saturated rings. The third-order valence-corrected chi connectivity index (χ3v) is 4.09. The number of benzene rings is 1. The topological polar surface area (TPSA) is 72.5 Å². The van der Waals surface area contributed by atoms with Gasteiger partial charge < -0.3 is 10.1 Å². The number of hydrogen-bond donors (Lipinski definition) is 1. The lowest BCUT2D eigenvalue weighted by atomic mass is 9.83. The predicted molar refractivity (Wildman–Crippen MR) is 81.7 cm³/mol. The third-order valence-electron chi connectivity index (χ3n) is 3.84. The van der Waals surface area contributed by atoms with Crippen molar-refractivity contribution in [2.45, 2.75) is 31.7 Å². The monoisotopic (exact) mass is 323 g/mol. The van der Waals surface area contributed by atoms with E-state index >= 15 is 0 Å². The van der Waals surface area contributed by atoms with Crippen LogP contribution in [0.1, 0.15) is 36.0 Å². The summed E-state index contributed by atoms with van der Waals surface area (Å²) in [5, 5.41) is 3.21. The molecular weight excluding hydrogens is 306 g/mol. The van der Waals surface area contributed by atoms with Gasteiger partial charge in [0.1, 0.15) is 11.8 Å². The molecule has 1 aromatic rings. The number of hydrogen-bond acceptors (Lipinski definition) is 4. The highest BCUT2D eigenvalue weighted by atomic mass is 35.5. The Bertz CT molecular complexity index is 570. The molecule has 1 saturated carbocycles. The molecule has 0 bridgehead atoms. The molecule has 2 rings (SSSR count). The van der Waals surface area contributed by atoms with Gasteiger partial charge in [0.2, 0.25) is 0 Å². The van der Waals surface area contributed by atoms with E-state index in [0.717, 1.165) is 6.42 Å². The highest BCUT2D eigenvalue weighted by molar-refractivity contribution is 6.30. The van der Waals surface area contributed by atoms with Crippen LogP contribution in [-0.2, 0) is 14.3 Å². The first-order valence-electron chi connectivity index (χ1n) is 7.17. The van der Waals surface area contributed by atoms with Crippen LogP contribution in [0.4, 0.5) is 0 Å². The molecule has 1 aliphatic carbocycles. The summed E-state index contributed by atoms with van der Waals surface area (Å²) < 4.78 is 4.77. The second-order valence-corrected chi connectivity index (χ2v) is 5.81. The maximum absolute atomic E-state index is 12.3. The Morgan fingerprint density at radius 3 is 2.59 bits per heavy atom. The second kappa shape index (κ2) is 7.40. The molecule has 0 aliphatic heterocycles. The lowest BCUT2D eigenvalue weighted by Crippen LogP contribution is -2.48. The van der Waals surface area contributed by atoms with Crippen molar-refractivity contribution < 1.29 is 19.1 Å². The number of halogens is 1. The molecule has 0 aromatic heterocycles. The number of nitrogens with one attached hydrogen (secondary N) is 1. The number of esters is 1. The quantitative estimate of drug-likeness (QED) is 0.863. The summed E-state index contributed by atoms with van der Waals surface area (Å²) >= 11 is 5.79. The molecule has 2 atom stereocenters. The van der Waals surface area contributed by atoms with E-state index < -0.39 is 12.0 Å². The second-order valence-electron chi connectivity index (χ2n) is 5.38. The van der Waals surface area contributed by atoms with Crippen molar-refractivity contribution in [3.05, 3.63) is 34.9 Å². The summed E-state index contributed by atoms with van der Waals surface area (Å²) in [4.78, 5) is 35.8. The summed E-state index contributed by atoms with van der Waals surface area (Å²) in [6.45, 7) is 0. The van der Waals surface area contributed by atoms with Gasteiger partial charge in [0.25, 0.3) is 5.91 Å². The number of ketones is 1. The van der Waals surface area contributed by atoms with Crippen molar-refractivity contribution in [2.75, 3.05) is 7.11 Å². The van der Waals surface area contributed by atoms with Crippen molar-refractivity contribution in [1.82, 2.24) is 5.32 Å².